The maximum absolute atomic E-state index is 12.1. The molecule has 10 nitrogen and oxygen atoms in total. The van der Waals surface area contributed by atoms with Gasteiger partial charge in [-0.1, -0.05) is 12.7 Å². The van der Waals surface area contributed by atoms with E-state index in [0.29, 0.717) is 41.7 Å². The lowest BCUT2D eigenvalue weighted by atomic mass is 10.2. The van der Waals surface area contributed by atoms with Crippen molar-refractivity contribution in [1.29, 1.82) is 0 Å². The summed E-state index contributed by atoms with van der Waals surface area (Å²) >= 11 is 0. The number of carbonyl (C=O) groups is 3. The maximum Gasteiger partial charge on any atom is 0.329 e. The smallest absolute Gasteiger partial charge is 0.329 e. The fourth-order valence-electron chi connectivity index (χ4n) is 2.99. The molecule has 3 aromatic carbocycles. The van der Waals surface area contributed by atoms with Gasteiger partial charge in [0.1, 0.15) is 23.9 Å². The Kier molecular flexibility index (Phi) is 10.4. The normalized spacial score (nSPS) is 10.3. The van der Waals surface area contributed by atoms with Crippen molar-refractivity contribution in [3.8, 4) is 17.2 Å². The summed E-state index contributed by atoms with van der Waals surface area (Å²) in [5.41, 5.74) is 3.88. The third-order valence-corrected chi connectivity index (χ3v) is 4.77. The lowest BCUT2D eigenvalue weighted by Crippen LogP contribution is -2.32. The number of hydrazone groups is 1. The molecule has 0 saturated carbocycles. The van der Waals surface area contributed by atoms with Crippen LogP contribution in [0.15, 0.2) is 90.6 Å². The van der Waals surface area contributed by atoms with Crippen LogP contribution >= 0.6 is 0 Å². The molecule has 3 rings (SSSR count). The molecule has 0 bridgehead atoms. The summed E-state index contributed by atoms with van der Waals surface area (Å²) in [7, 11) is 0. The van der Waals surface area contributed by atoms with Crippen LogP contribution in [0.2, 0.25) is 0 Å². The number of ether oxygens (including phenoxy) is 3. The monoisotopic (exact) mass is 516 g/mol. The van der Waals surface area contributed by atoms with E-state index in [4.69, 9.17) is 14.2 Å². The van der Waals surface area contributed by atoms with Crippen LogP contribution in [0.25, 0.3) is 0 Å². The van der Waals surface area contributed by atoms with Gasteiger partial charge < -0.3 is 24.8 Å². The molecule has 0 heterocycles. The minimum absolute atomic E-state index is 0.170. The van der Waals surface area contributed by atoms with Gasteiger partial charge in [-0.15, -0.1) is 0 Å². The van der Waals surface area contributed by atoms with Gasteiger partial charge in [0.05, 0.1) is 12.8 Å². The average Bonchev–Trinajstić information content (AvgIpc) is 2.93. The van der Waals surface area contributed by atoms with Gasteiger partial charge in [0.15, 0.2) is 6.61 Å². The molecule has 10 heteroatoms. The highest BCUT2D eigenvalue weighted by molar-refractivity contribution is 6.39. The van der Waals surface area contributed by atoms with E-state index < -0.39 is 11.8 Å². The van der Waals surface area contributed by atoms with Crippen molar-refractivity contribution in [2.75, 3.05) is 30.5 Å². The fourth-order valence-corrected chi connectivity index (χ4v) is 2.99. The topological polar surface area (TPSA) is 127 Å². The van der Waals surface area contributed by atoms with Gasteiger partial charge >= 0.3 is 11.8 Å². The van der Waals surface area contributed by atoms with Crippen molar-refractivity contribution < 1.29 is 28.6 Å². The summed E-state index contributed by atoms with van der Waals surface area (Å²) in [4.78, 5) is 36.2. The first-order valence-corrected chi connectivity index (χ1v) is 11.7. The summed E-state index contributed by atoms with van der Waals surface area (Å²) in [6.45, 7) is 6.23. The molecule has 3 amide bonds. The van der Waals surface area contributed by atoms with Gasteiger partial charge in [-0.05, 0) is 85.3 Å². The van der Waals surface area contributed by atoms with Crippen LogP contribution in [-0.2, 0) is 14.4 Å². The highest BCUT2D eigenvalue weighted by atomic mass is 16.5. The second-order valence-electron chi connectivity index (χ2n) is 7.64. The van der Waals surface area contributed by atoms with E-state index in [0.717, 1.165) is 5.75 Å². The lowest BCUT2D eigenvalue weighted by molar-refractivity contribution is -0.136. The van der Waals surface area contributed by atoms with Crippen molar-refractivity contribution in [3.63, 3.8) is 0 Å². The van der Waals surface area contributed by atoms with E-state index in [1.54, 1.807) is 78.9 Å². The number of carbonyl (C=O) groups excluding carboxylic acids is 3. The van der Waals surface area contributed by atoms with Crippen molar-refractivity contribution in [1.82, 2.24) is 5.43 Å². The average molecular weight is 517 g/mol. The SMILES string of the molecule is C=CCOc1ccc(NC(=O)C(=O)N/N=C\c2ccc(OCC(=O)Nc3ccc(OCC)cc3)cc2)cc1. The number of nitrogens with zero attached hydrogens (tertiary/aromatic N) is 1. The zero-order valence-corrected chi connectivity index (χ0v) is 20.8. The highest BCUT2D eigenvalue weighted by Crippen LogP contribution is 2.17. The van der Waals surface area contributed by atoms with Gasteiger partial charge in [0.25, 0.3) is 5.91 Å². The Morgan fingerprint density at radius 2 is 1.32 bits per heavy atom. The van der Waals surface area contributed by atoms with Crippen molar-refractivity contribution in [3.05, 3.63) is 91.0 Å². The lowest BCUT2D eigenvalue weighted by Gasteiger charge is -2.09. The van der Waals surface area contributed by atoms with E-state index >= 15 is 0 Å². The Labute approximate surface area is 220 Å². The maximum atomic E-state index is 12.1. The molecule has 0 saturated heterocycles. The number of anilines is 2. The third kappa shape index (κ3) is 9.15. The first-order valence-electron chi connectivity index (χ1n) is 11.7. The van der Waals surface area contributed by atoms with Crippen molar-refractivity contribution in [2.45, 2.75) is 6.92 Å². The van der Waals surface area contributed by atoms with Crippen molar-refractivity contribution >= 4 is 35.3 Å². The molecule has 38 heavy (non-hydrogen) atoms. The summed E-state index contributed by atoms with van der Waals surface area (Å²) in [5.74, 6) is -0.280. The highest BCUT2D eigenvalue weighted by Gasteiger charge is 2.13. The standard InChI is InChI=1S/C28H28N4O6/c1-3-17-37-24-15-9-22(10-16-24)31-27(34)28(35)32-29-18-20-5-11-25(12-6-20)38-19-26(33)30-21-7-13-23(14-8-21)36-4-2/h3,5-16,18H,1,4,17,19H2,2H3,(H,30,33)(H,31,34)(H,32,35)/b29-18-. The zero-order valence-electron chi connectivity index (χ0n) is 20.8. The van der Waals surface area contributed by atoms with Gasteiger partial charge in [-0.3, -0.25) is 14.4 Å². The first kappa shape index (κ1) is 27.5. The predicted octanol–water partition coefficient (Wildman–Crippen LogP) is 3.76. The Morgan fingerprint density at radius 1 is 0.763 bits per heavy atom. The van der Waals surface area contributed by atoms with E-state index in [9.17, 15) is 14.4 Å². The Balaban J connectivity index is 1.39. The van der Waals surface area contributed by atoms with Gasteiger partial charge in [-0.2, -0.15) is 5.10 Å². The summed E-state index contributed by atoms with van der Waals surface area (Å²) in [6.07, 6.45) is 3.00. The number of amides is 3. The van der Waals surface area contributed by atoms with Crippen LogP contribution in [0.5, 0.6) is 17.2 Å². The molecule has 0 aliphatic carbocycles. The first-order chi connectivity index (χ1) is 18.5. The summed E-state index contributed by atoms with van der Waals surface area (Å²) < 4.78 is 16.2. The molecule has 0 spiro atoms. The minimum atomic E-state index is -0.924. The largest absolute Gasteiger partial charge is 0.494 e. The van der Waals surface area contributed by atoms with Crippen LogP contribution in [0.1, 0.15) is 12.5 Å². The zero-order chi connectivity index (χ0) is 27.2. The van der Waals surface area contributed by atoms with Crippen molar-refractivity contribution in [2.24, 2.45) is 5.10 Å². The second kappa shape index (κ2) is 14.4. The Hall–Kier alpha value is -5.12. The van der Waals surface area contributed by atoms with Gasteiger partial charge in [-0.25, -0.2) is 5.43 Å². The Bertz CT molecular complexity index is 1260. The van der Waals surface area contributed by atoms with E-state index in [1.165, 1.54) is 6.21 Å². The van der Waals surface area contributed by atoms with Crippen LogP contribution < -0.4 is 30.3 Å². The molecule has 0 aromatic heterocycles. The molecule has 196 valence electrons. The number of hydrogen-bond donors (Lipinski definition) is 3. The van der Waals surface area contributed by atoms with E-state index in [1.807, 2.05) is 6.92 Å². The quantitative estimate of drug-likeness (QED) is 0.146. The van der Waals surface area contributed by atoms with Crippen LogP contribution in [-0.4, -0.2) is 43.8 Å². The molecule has 3 aromatic rings. The number of benzene rings is 3. The molecular formula is C28H28N4O6. The van der Waals surface area contributed by atoms with Crippen LogP contribution in [0.4, 0.5) is 11.4 Å². The molecule has 0 atom stereocenters. The molecule has 0 unspecified atom stereocenters. The van der Waals surface area contributed by atoms with Crippen LogP contribution in [0.3, 0.4) is 0 Å². The van der Waals surface area contributed by atoms with Gasteiger partial charge in [0.2, 0.25) is 0 Å². The summed E-state index contributed by atoms with van der Waals surface area (Å²) in [5, 5.41) is 9.01. The molecule has 0 aliphatic rings. The molecule has 0 fully saturated rings. The Morgan fingerprint density at radius 3 is 1.92 bits per heavy atom. The molecule has 0 radical (unpaired) electrons. The third-order valence-electron chi connectivity index (χ3n) is 4.77. The molecule has 3 N–H and O–H groups in total. The predicted molar refractivity (Wildman–Crippen MR) is 145 cm³/mol. The molecular weight excluding hydrogens is 488 g/mol. The summed E-state index contributed by atoms with van der Waals surface area (Å²) in [6, 6.07) is 20.3. The number of rotatable bonds is 12. The molecule has 0 aliphatic heterocycles. The van der Waals surface area contributed by atoms with E-state index in [2.05, 4.69) is 27.7 Å². The fraction of sp³-hybridized carbons (Fsp3) is 0.143. The van der Waals surface area contributed by atoms with Crippen LogP contribution in [0, 0.1) is 0 Å². The number of hydrogen-bond acceptors (Lipinski definition) is 7. The van der Waals surface area contributed by atoms with Gasteiger partial charge in [0, 0.05) is 11.4 Å². The number of nitrogens with one attached hydrogen (secondary N) is 3. The second-order valence-corrected chi connectivity index (χ2v) is 7.64. The van der Waals surface area contributed by atoms with E-state index in [-0.39, 0.29) is 12.5 Å². The minimum Gasteiger partial charge on any atom is -0.494 e.